The van der Waals surface area contributed by atoms with Gasteiger partial charge in [0, 0.05) is 35.3 Å². The predicted octanol–water partition coefficient (Wildman–Crippen LogP) is 3.93. The number of nitrogens with zero attached hydrogens (tertiary/aromatic N) is 2. The maximum Gasteiger partial charge on any atom is 0.247 e. The van der Waals surface area contributed by atoms with Crippen LogP contribution in [-0.2, 0) is 9.59 Å². The fourth-order valence-electron chi connectivity index (χ4n) is 4.39. The molecule has 5 rings (SSSR count). The summed E-state index contributed by atoms with van der Waals surface area (Å²) >= 11 is 1.59. The summed E-state index contributed by atoms with van der Waals surface area (Å²) in [6.07, 6.45) is 7.86. The molecule has 1 N–H and O–H groups in total. The quantitative estimate of drug-likeness (QED) is 0.854. The van der Waals surface area contributed by atoms with Crippen molar-refractivity contribution in [1.29, 1.82) is 0 Å². The van der Waals surface area contributed by atoms with Crippen molar-refractivity contribution in [3.05, 3.63) is 35.8 Å². The van der Waals surface area contributed by atoms with E-state index >= 15 is 0 Å². The molecule has 3 atom stereocenters. The number of amides is 2. The van der Waals surface area contributed by atoms with E-state index in [2.05, 4.69) is 10.3 Å². The average Bonchev–Trinajstić information content (AvgIpc) is 3.06. The van der Waals surface area contributed by atoms with Gasteiger partial charge >= 0.3 is 0 Å². The number of benzene rings is 1. The van der Waals surface area contributed by atoms with E-state index in [1.54, 1.807) is 17.5 Å². The second-order valence-corrected chi connectivity index (χ2v) is 8.92. The van der Waals surface area contributed by atoms with E-state index in [1.165, 1.54) is 6.42 Å². The summed E-state index contributed by atoms with van der Waals surface area (Å²) in [5, 5.41) is 5.93. The third-order valence-electron chi connectivity index (χ3n) is 6.21. The van der Waals surface area contributed by atoms with E-state index in [0.29, 0.717) is 24.3 Å². The normalized spacial score (nSPS) is 26.4. The van der Waals surface area contributed by atoms with Crippen LogP contribution in [0.2, 0.25) is 0 Å². The van der Waals surface area contributed by atoms with E-state index in [0.717, 1.165) is 41.9 Å². The lowest BCUT2D eigenvalue weighted by atomic mass is 9.82. The number of carbonyl (C=O) groups is 2. The first kappa shape index (κ1) is 16.9. The summed E-state index contributed by atoms with van der Waals surface area (Å²) in [5.74, 6) is 1.20. The molecule has 3 fully saturated rings. The van der Waals surface area contributed by atoms with Crippen LogP contribution >= 0.6 is 11.3 Å². The van der Waals surface area contributed by atoms with Gasteiger partial charge < -0.3 is 10.2 Å². The van der Waals surface area contributed by atoms with Gasteiger partial charge in [-0.1, -0.05) is 6.42 Å². The van der Waals surface area contributed by atoms with Gasteiger partial charge in [0.1, 0.15) is 11.0 Å². The third kappa shape index (κ3) is 3.27. The molecule has 0 bridgehead atoms. The number of fused-ring (bicyclic) bond motifs is 1. The number of anilines is 1. The molecule has 140 valence electrons. The van der Waals surface area contributed by atoms with Crippen molar-refractivity contribution in [2.24, 2.45) is 11.8 Å². The summed E-state index contributed by atoms with van der Waals surface area (Å²) in [6.45, 7) is 0. The number of hydrogen-bond acceptors (Lipinski definition) is 4. The van der Waals surface area contributed by atoms with Crippen LogP contribution in [0.1, 0.15) is 38.5 Å². The van der Waals surface area contributed by atoms with Crippen LogP contribution in [0.4, 0.5) is 5.69 Å². The van der Waals surface area contributed by atoms with Gasteiger partial charge in [0.25, 0.3) is 0 Å². The van der Waals surface area contributed by atoms with Gasteiger partial charge in [-0.3, -0.25) is 9.59 Å². The molecule has 2 heterocycles. The number of aromatic nitrogens is 1. The van der Waals surface area contributed by atoms with Crippen LogP contribution < -0.4 is 5.32 Å². The molecule has 2 amide bonds. The van der Waals surface area contributed by atoms with Gasteiger partial charge in [0.2, 0.25) is 11.8 Å². The lowest BCUT2D eigenvalue weighted by molar-refractivity contribution is -0.139. The molecule has 2 aromatic rings. The van der Waals surface area contributed by atoms with Crippen molar-refractivity contribution in [1.82, 2.24) is 9.88 Å². The Balaban J connectivity index is 1.25. The molecule has 0 spiro atoms. The number of nitrogens with one attached hydrogen (secondary N) is 1. The first-order chi connectivity index (χ1) is 13.2. The first-order valence-electron chi connectivity index (χ1n) is 9.81. The molecule has 2 saturated carbocycles. The molecule has 3 aliphatic rings. The fourth-order valence-corrected chi connectivity index (χ4v) is 5.03. The summed E-state index contributed by atoms with van der Waals surface area (Å²) in [7, 11) is 0. The minimum Gasteiger partial charge on any atom is -0.327 e. The highest BCUT2D eigenvalue weighted by molar-refractivity contribution is 7.13. The Morgan fingerprint density at radius 2 is 2.00 bits per heavy atom. The number of hydrogen-bond donors (Lipinski definition) is 1. The van der Waals surface area contributed by atoms with Crippen molar-refractivity contribution in [3.8, 4) is 10.6 Å². The molecule has 1 aromatic heterocycles. The predicted molar refractivity (Wildman–Crippen MR) is 105 cm³/mol. The van der Waals surface area contributed by atoms with E-state index in [1.807, 2.05) is 34.5 Å². The molecule has 27 heavy (non-hydrogen) atoms. The molecule has 1 aromatic carbocycles. The summed E-state index contributed by atoms with van der Waals surface area (Å²) in [6, 6.07) is 7.76. The molecule has 6 heteroatoms. The Morgan fingerprint density at radius 3 is 2.67 bits per heavy atom. The van der Waals surface area contributed by atoms with Gasteiger partial charge in [-0.2, -0.15) is 0 Å². The zero-order valence-electron chi connectivity index (χ0n) is 15.1. The Kier molecular flexibility index (Phi) is 4.23. The molecular weight excluding hydrogens is 358 g/mol. The van der Waals surface area contributed by atoms with Crippen molar-refractivity contribution in [3.63, 3.8) is 0 Å². The Bertz CT molecular complexity index is 845. The largest absolute Gasteiger partial charge is 0.327 e. The molecule has 2 aliphatic carbocycles. The van der Waals surface area contributed by atoms with Gasteiger partial charge in [0.15, 0.2) is 0 Å². The van der Waals surface area contributed by atoms with Gasteiger partial charge in [-0.05, 0) is 61.8 Å². The molecule has 0 unspecified atom stereocenters. The number of thiazole rings is 1. The van der Waals surface area contributed by atoms with Gasteiger partial charge in [-0.15, -0.1) is 11.3 Å². The fraction of sp³-hybridized carbons (Fsp3) is 0.476. The molecular formula is C21H23N3O2S. The monoisotopic (exact) mass is 381 g/mol. The van der Waals surface area contributed by atoms with Crippen LogP contribution in [-0.4, -0.2) is 33.8 Å². The molecule has 0 radical (unpaired) electrons. The maximum absolute atomic E-state index is 12.9. The number of carbonyl (C=O) groups excluding carboxylic acids is 2. The van der Waals surface area contributed by atoms with Crippen molar-refractivity contribution in [2.75, 3.05) is 5.32 Å². The van der Waals surface area contributed by atoms with E-state index < -0.39 is 0 Å². The lowest BCUT2D eigenvalue weighted by Gasteiger charge is -2.31. The minimum absolute atomic E-state index is 0.0499. The molecule has 1 aliphatic heterocycles. The van der Waals surface area contributed by atoms with Crippen molar-refractivity contribution in [2.45, 2.75) is 50.6 Å². The highest BCUT2D eigenvalue weighted by Gasteiger charge is 2.56. The maximum atomic E-state index is 12.9. The number of rotatable bonds is 5. The second-order valence-electron chi connectivity index (χ2n) is 8.02. The van der Waals surface area contributed by atoms with Gasteiger partial charge in [0.05, 0.1) is 0 Å². The van der Waals surface area contributed by atoms with Crippen molar-refractivity contribution >= 4 is 28.8 Å². The number of likely N-dealkylation sites (tertiary alicyclic amines) is 1. The Hall–Kier alpha value is -2.21. The van der Waals surface area contributed by atoms with Crippen LogP contribution in [0.5, 0.6) is 0 Å². The third-order valence-corrected chi connectivity index (χ3v) is 7.04. The smallest absolute Gasteiger partial charge is 0.247 e. The lowest BCUT2D eigenvalue weighted by Crippen LogP contribution is -2.46. The highest BCUT2D eigenvalue weighted by atomic mass is 32.1. The van der Waals surface area contributed by atoms with Crippen molar-refractivity contribution < 1.29 is 9.59 Å². The van der Waals surface area contributed by atoms with Crippen LogP contribution in [0.25, 0.3) is 10.6 Å². The summed E-state index contributed by atoms with van der Waals surface area (Å²) < 4.78 is 0. The SMILES string of the molecule is O=C(Nc1ccc(-c2nccs2)cc1)[C@H]1C[C@H]2C[C@H]2N1C(=O)CC1CCC1. The molecule has 1 saturated heterocycles. The molecule has 5 nitrogen and oxygen atoms in total. The summed E-state index contributed by atoms with van der Waals surface area (Å²) in [4.78, 5) is 31.8. The van der Waals surface area contributed by atoms with Crippen LogP contribution in [0.15, 0.2) is 35.8 Å². The average molecular weight is 382 g/mol. The zero-order chi connectivity index (χ0) is 18.4. The highest BCUT2D eigenvalue weighted by Crippen LogP contribution is 2.48. The second kappa shape index (κ2) is 6.75. The zero-order valence-corrected chi connectivity index (χ0v) is 16.0. The van der Waals surface area contributed by atoms with E-state index in [-0.39, 0.29) is 17.9 Å². The minimum atomic E-state index is -0.306. The number of piperidine rings is 1. The Labute approximate surface area is 162 Å². The standard InChI is InChI=1S/C21H23N3O2S/c25-19(10-13-2-1-3-13)24-17-11-15(17)12-18(24)20(26)23-16-6-4-14(5-7-16)21-22-8-9-27-21/h4-9,13,15,17-18H,1-3,10-12H2,(H,23,26)/t15-,17-,18-/m1/s1. The summed E-state index contributed by atoms with van der Waals surface area (Å²) in [5.41, 5.74) is 1.81. The Morgan fingerprint density at radius 1 is 1.19 bits per heavy atom. The van der Waals surface area contributed by atoms with Crippen LogP contribution in [0, 0.1) is 11.8 Å². The first-order valence-corrected chi connectivity index (χ1v) is 10.7. The van der Waals surface area contributed by atoms with E-state index in [4.69, 9.17) is 0 Å². The van der Waals surface area contributed by atoms with Gasteiger partial charge in [-0.25, -0.2) is 4.98 Å². The van der Waals surface area contributed by atoms with Crippen LogP contribution in [0.3, 0.4) is 0 Å². The topological polar surface area (TPSA) is 62.3 Å². The van der Waals surface area contributed by atoms with E-state index in [9.17, 15) is 9.59 Å².